The lowest BCUT2D eigenvalue weighted by Crippen LogP contribution is -2.43. The number of aromatic nitrogens is 3. The van der Waals surface area contributed by atoms with Crippen LogP contribution >= 0.6 is 0 Å². The summed E-state index contributed by atoms with van der Waals surface area (Å²) in [5, 5.41) is 1.32. The molecule has 6 rings (SSSR count). The minimum atomic E-state index is -4.20. The van der Waals surface area contributed by atoms with Gasteiger partial charge in [0.2, 0.25) is 0 Å². The van der Waals surface area contributed by atoms with Gasteiger partial charge >= 0.3 is 6.01 Å². The first kappa shape index (κ1) is 34.1. The van der Waals surface area contributed by atoms with E-state index >= 15 is 8.78 Å². The lowest BCUT2D eigenvalue weighted by Gasteiger charge is -2.31. The molecule has 0 amide bonds. The van der Waals surface area contributed by atoms with Crippen molar-refractivity contribution in [2.75, 3.05) is 57.8 Å². The number of nitrogens with zero attached hydrogens (tertiary/aromatic N) is 5. The van der Waals surface area contributed by atoms with Crippen molar-refractivity contribution in [3.8, 4) is 23.0 Å². The zero-order valence-electron chi connectivity index (χ0n) is 27.0. The Balaban J connectivity index is 1.48. The molecule has 2 fully saturated rings. The summed E-state index contributed by atoms with van der Waals surface area (Å²) in [5.41, 5.74) is -0.0568. The first-order valence-electron chi connectivity index (χ1n) is 15.8. The molecule has 0 radical (unpaired) electrons. The third-order valence-corrected chi connectivity index (χ3v) is 10.0. The van der Waals surface area contributed by atoms with Crippen LogP contribution in [0.2, 0.25) is 0 Å². The topological polar surface area (TPSA) is 127 Å². The van der Waals surface area contributed by atoms with Gasteiger partial charge in [-0.1, -0.05) is 13.0 Å². The second-order valence-corrected chi connectivity index (χ2v) is 14.0. The SMILES string of the molecule is CCc1c(F)ccc2cc(OCOC)cc(-c3ncc4c(N(C)CCCS(=O)(=O)O)nc(OC[C@@]56CCCN5C[C@H](F)C6)nc4c3F)c12. The number of ether oxygens (including phenoxy) is 3. The second-order valence-electron chi connectivity index (χ2n) is 12.4. The summed E-state index contributed by atoms with van der Waals surface area (Å²) in [4.78, 5) is 17.2. The highest BCUT2D eigenvalue weighted by atomic mass is 32.2. The number of aryl methyl sites for hydroxylation is 1. The number of halogens is 3. The molecule has 258 valence electrons. The van der Waals surface area contributed by atoms with E-state index in [0.717, 1.165) is 19.4 Å². The molecular weight excluding hydrogens is 651 g/mol. The molecule has 0 saturated carbocycles. The Bertz CT molecular complexity index is 1950. The van der Waals surface area contributed by atoms with Crippen LogP contribution in [-0.4, -0.2) is 97.5 Å². The zero-order valence-corrected chi connectivity index (χ0v) is 27.8. The summed E-state index contributed by atoms with van der Waals surface area (Å²) >= 11 is 0. The van der Waals surface area contributed by atoms with Crippen LogP contribution in [0.1, 0.15) is 38.2 Å². The Kier molecular flexibility index (Phi) is 9.67. The maximum atomic E-state index is 16.9. The van der Waals surface area contributed by atoms with E-state index in [1.54, 1.807) is 30.1 Å². The fourth-order valence-corrected chi connectivity index (χ4v) is 7.53. The molecule has 4 heterocycles. The maximum Gasteiger partial charge on any atom is 0.319 e. The minimum Gasteiger partial charge on any atom is -0.468 e. The molecule has 2 aromatic heterocycles. The molecule has 2 aliphatic rings. The highest BCUT2D eigenvalue weighted by Crippen LogP contribution is 2.42. The van der Waals surface area contributed by atoms with Gasteiger partial charge in [0.05, 0.1) is 16.7 Å². The van der Waals surface area contributed by atoms with Crippen LogP contribution < -0.4 is 14.4 Å². The summed E-state index contributed by atoms with van der Waals surface area (Å²) in [6, 6.07) is 6.12. The van der Waals surface area contributed by atoms with Crippen LogP contribution in [0.5, 0.6) is 11.8 Å². The zero-order chi connectivity index (χ0) is 34.2. The van der Waals surface area contributed by atoms with Gasteiger partial charge in [-0.3, -0.25) is 14.4 Å². The molecular formula is C33H38F3N5O6S. The van der Waals surface area contributed by atoms with Gasteiger partial charge in [-0.2, -0.15) is 18.4 Å². The first-order chi connectivity index (χ1) is 22.9. The summed E-state index contributed by atoms with van der Waals surface area (Å²) in [5.74, 6) is -1.14. The fourth-order valence-electron chi connectivity index (χ4n) is 7.03. The third kappa shape index (κ3) is 6.73. The summed E-state index contributed by atoms with van der Waals surface area (Å²) in [7, 11) is -1.09. The quantitative estimate of drug-likeness (QED) is 0.144. The average molecular weight is 690 g/mol. The number of alkyl halides is 1. The van der Waals surface area contributed by atoms with E-state index in [0.29, 0.717) is 47.0 Å². The molecule has 11 nitrogen and oxygen atoms in total. The highest BCUT2D eigenvalue weighted by Gasteiger charge is 2.49. The average Bonchev–Trinajstić information content (AvgIpc) is 3.57. The Morgan fingerprint density at radius 2 is 2.00 bits per heavy atom. The summed E-state index contributed by atoms with van der Waals surface area (Å²) < 4.78 is 95.3. The van der Waals surface area contributed by atoms with Gasteiger partial charge < -0.3 is 19.1 Å². The van der Waals surface area contributed by atoms with Crippen molar-refractivity contribution in [3.05, 3.63) is 47.7 Å². The van der Waals surface area contributed by atoms with Gasteiger partial charge in [-0.15, -0.1) is 0 Å². The van der Waals surface area contributed by atoms with E-state index in [4.69, 9.17) is 14.2 Å². The van der Waals surface area contributed by atoms with Gasteiger partial charge in [0.15, 0.2) is 12.6 Å². The number of hydrogen-bond acceptors (Lipinski definition) is 10. The third-order valence-electron chi connectivity index (χ3n) is 9.23. The smallest absolute Gasteiger partial charge is 0.319 e. The monoisotopic (exact) mass is 689 g/mol. The van der Waals surface area contributed by atoms with Crippen LogP contribution in [0.25, 0.3) is 32.9 Å². The van der Waals surface area contributed by atoms with E-state index in [1.165, 1.54) is 19.4 Å². The predicted molar refractivity (Wildman–Crippen MR) is 175 cm³/mol. The lowest BCUT2D eigenvalue weighted by molar-refractivity contribution is 0.0512. The molecule has 2 saturated heterocycles. The van der Waals surface area contributed by atoms with Crippen molar-refractivity contribution in [2.24, 2.45) is 0 Å². The van der Waals surface area contributed by atoms with Crippen LogP contribution in [0.15, 0.2) is 30.5 Å². The summed E-state index contributed by atoms with van der Waals surface area (Å²) in [6.07, 6.45) is 2.80. The number of fused-ring (bicyclic) bond motifs is 3. The van der Waals surface area contributed by atoms with E-state index < -0.39 is 39.2 Å². The molecule has 4 aromatic rings. The molecule has 2 aliphatic heterocycles. The van der Waals surface area contributed by atoms with Crippen LogP contribution in [-0.2, 0) is 21.3 Å². The molecule has 0 bridgehead atoms. The molecule has 2 aromatic carbocycles. The van der Waals surface area contributed by atoms with Crippen molar-refractivity contribution in [3.63, 3.8) is 0 Å². The van der Waals surface area contributed by atoms with E-state index in [-0.39, 0.29) is 54.8 Å². The van der Waals surface area contributed by atoms with Crippen LogP contribution in [0, 0.1) is 11.6 Å². The predicted octanol–water partition coefficient (Wildman–Crippen LogP) is 5.34. The number of rotatable bonds is 13. The molecule has 2 atom stereocenters. The highest BCUT2D eigenvalue weighted by molar-refractivity contribution is 7.85. The standard InChI is InChI=1S/C33H38F3N5O6S/c1-4-23-26(35)8-7-20-13-22(47-19-45-3)14-24(27(20)23)29-28(36)30-25(16-37-29)31(40(2)10-6-12-48(42,43)44)39-32(38-30)46-18-33-9-5-11-41(33)17-21(34)15-33/h7-8,13-14,16,21H,4-6,9-12,15,17-19H2,1-3H3,(H,42,43,44)/t21-,33+/m1/s1. The van der Waals surface area contributed by atoms with Crippen molar-refractivity contribution < 1.29 is 40.4 Å². The van der Waals surface area contributed by atoms with Crippen molar-refractivity contribution >= 4 is 37.6 Å². The number of hydrogen-bond donors (Lipinski definition) is 1. The van der Waals surface area contributed by atoms with E-state index in [1.807, 2.05) is 6.92 Å². The fraction of sp³-hybridized carbons (Fsp3) is 0.485. The molecule has 15 heteroatoms. The van der Waals surface area contributed by atoms with E-state index in [2.05, 4.69) is 19.9 Å². The van der Waals surface area contributed by atoms with Gasteiger partial charge in [-0.25, -0.2) is 13.2 Å². The van der Waals surface area contributed by atoms with Crippen molar-refractivity contribution in [1.82, 2.24) is 19.9 Å². The Hall–Kier alpha value is -3.79. The molecule has 0 unspecified atom stereocenters. The maximum absolute atomic E-state index is 16.9. The minimum absolute atomic E-state index is 0.0621. The van der Waals surface area contributed by atoms with Gasteiger partial charge in [0, 0.05) is 45.4 Å². The molecule has 0 spiro atoms. The Morgan fingerprint density at radius 1 is 1.19 bits per heavy atom. The van der Waals surface area contributed by atoms with Gasteiger partial charge in [0.1, 0.15) is 41.4 Å². The molecule has 0 aliphatic carbocycles. The molecule has 48 heavy (non-hydrogen) atoms. The van der Waals surface area contributed by atoms with Gasteiger partial charge in [-0.05, 0) is 66.8 Å². The van der Waals surface area contributed by atoms with Crippen LogP contribution in [0.4, 0.5) is 19.0 Å². The first-order valence-corrected chi connectivity index (χ1v) is 17.5. The van der Waals surface area contributed by atoms with Crippen molar-refractivity contribution in [2.45, 2.75) is 50.7 Å². The largest absolute Gasteiger partial charge is 0.468 e. The summed E-state index contributed by atoms with van der Waals surface area (Å²) in [6.45, 7) is 3.07. The molecule has 1 N–H and O–H groups in total. The van der Waals surface area contributed by atoms with Gasteiger partial charge in [0.25, 0.3) is 10.1 Å². The number of methoxy groups -OCH3 is 1. The number of anilines is 1. The lowest BCUT2D eigenvalue weighted by atomic mass is 9.94. The Morgan fingerprint density at radius 3 is 2.75 bits per heavy atom. The second kappa shape index (κ2) is 13.6. The number of pyridine rings is 1. The van der Waals surface area contributed by atoms with E-state index in [9.17, 15) is 17.4 Å². The normalized spacial score (nSPS) is 19.7. The number of benzene rings is 2. The van der Waals surface area contributed by atoms with Crippen LogP contribution in [0.3, 0.4) is 0 Å². The Labute approximate surface area is 276 Å². The van der Waals surface area contributed by atoms with Crippen molar-refractivity contribution in [1.29, 1.82) is 0 Å².